The Balaban J connectivity index is 2.65. The second kappa shape index (κ2) is 5.63. The molecular weight excluding hydrogens is 204 g/mol. The molecule has 0 bridgehead atoms. The predicted octanol–water partition coefficient (Wildman–Crippen LogP) is 1.68. The summed E-state index contributed by atoms with van der Waals surface area (Å²) < 4.78 is 4.91. The maximum atomic E-state index is 11.5. The first-order chi connectivity index (χ1) is 7.54. The minimum absolute atomic E-state index is 0.00245. The summed E-state index contributed by atoms with van der Waals surface area (Å²) in [7, 11) is 1.50. The molecule has 4 nitrogen and oxygen atoms in total. The Labute approximate surface area is 95.8 Å². The van der Waals surface area contributed by atoms with Crippen LogP contribution >= 0.6 is 0 Å². The number of anilines is 1. The zero-order valence-electron chi connectivity index (χ0n) is 9.86. The number of rotatable bonds is 4. The first kappa shape index (κ1) is 12.7. The smallest absolute Gasteiger partial charge is 0.253 e. The average Bonchev–Trinajstić information content (AvgIpc) is 2.28. The van der Waals surface area contributed by atoms with Gasteiger partial charge in [0.25, 0.3) is 5.91 Å². The lowest BCUT2D eigenvalue weighted by Gasteiger charge is -2.11. The highest BCUT2D eigenvalue weighted by Crippen LogP contribution is 2.14. The zero-order chi connectivity index (χ0) is 12.1. The van der Waals surface area contributed by atoms with Crippen LogP contribution in [-0.4, -0.2) is 19.1 Å². The van der Waals surface area contributed by atoms with Gasteiger partial charge in [0.2, 0.25) is 0 Å². The van der Waals surface area contributed by atoms with Gasteiger partial charge in [-0.2, -0.15) is 0 Å². The van der Waals surface area contributed by atoms with E-state index in [-0.39, 0.29) is 11.9 Å². The van der Waals surface area contributed by atoms with Crippen LogP contribution in [0.3, 0.4) is 0 Å². The Kier molecular flexibility index (Phi) is 4.46. The van der Waals surface area contributed by atoms with Gasteiger partial charge in [-0.15, -0.1) is 0 Å². The molecule has 0 spiro atoms. The summed E-state index contributed by atoms with van der Waals surface area (Å²) in [5.74, 6) is -0.156. The largest absolute Gasteiger partial charge is 0.372 e. The minimum atomic E-state index is -0.451. The summed E-state index contributed by atoms with van der Waals surface area (Å²) in [6.07, 6.45) is -0.451. The van der Waals surface area contributed by atoms with Gasteiger partial charge < -0.3 is 15.8 Å². The Bertz CT molecular complexity index is 347. The van der Waals surface area contributed by atoms with Crippen molar-refractivity contribution in [1.82, 2.24) is 0 Å². The van der Waals surface area contributed by atoms with E-state index in [2.05, 4.69) is 5.32 Å². The number of nitrogens with one attached hydrogen (secondary N) is 1. The molecule has 88 valence electrons. The molecular formula is C12H18N2O2. The van der Waals surface area contributed by atoms with E-state index in [9.17, 15) is 4.79 Å². The van der Waals surface area contributed by atoms with Crippen LogP contribution in [0.2, 0.25) is 0 Å². The molecule has 0 fully saturated rings. The highest BCUT2D eigenvalue weighted by atomic mass is 16.5. The molecule has 3 N–H and O–H groups in total. The maximum Gasteiger partial charge on any atom is 0.253 e. The quantitative estimate of drug-likeness (QED) is 0.814. The first-order valence-electron chi connectivity index (χ1n) is 5.23. The standard InChI is InChI=1S/C12H18N2O2/c1-8(13)10-4-6-11(7-5-10)14-12(15)9(2)16-3/h4-9H,13H2,1-3H3,(H,14,15). The lowest BCUT2D eigenvalue weighted by Crippen LogP contribution is -2.26. The van der Waals surface area contributed by atoms with Crippen molar-refractivity contribution >= 4 is 11.6 Å². The normalized spacial score (nSPS) is 14.2. The van der Waals surface area contributed by atoms with Crippen molar-refractivity contribution in [1.29, 1.82) is 0 Å². The number of hydrogen-bond acceptors (Lipinski definition) is 3. The van der Waals surface area contributed by atoms with Gasteiger partial charge in [0.1, 0.15) is 6.10 Å². The molecule has 0 radical (unpaired) electrons. The van der Waals surface area contributed by atoms with Gasteiger partial charge in [-0.3, -0.25) is 4.79 Å². The van der Waals surface area contributed by atoms with Crippen molar-refractivity contribution in [2.24, 2.45) is 5.73 Å². The molecule has 0 saturated carbocycles. The molecule has 0 aliphatic heterocycles. The first-order valence-corrected chi connectivity index (χ1v) is 5.23. The summed E-state index contributed by atoms with van der Waals surface area (Å²) in [5.41, 5.74) is 7.52. The molecule has 0 saturated heterocycles. The van der Waals surface area contributed by atoms with Crippen LogP contribution in [0.5, 0.6) is 0 Å². The molecule has 1 aromatic rings. The van der Waals surface area contributed by atoms with E-state index < -0.39 is 6.10 Å². The van der Waals surface area contributed by atoms with Crippen LogP contribution in [0.25, 0.3) is 0 Å². The van der Waals surface area contributed by atoms with Crippen molar-refractivity contribution in [2.45, 2.75) is 26.0 Å². The Hall–Kier alpha value is -1.39. The molecule has 1 amide bonds. The Morgan fingerprint density at radius 2 is 1.88 bits per heavy atom. The summed E-state index contributed by atoms with van der Waals surface area (Å²) in [6.45, 7) is 3.62. The maximum absolute atomic E-state index is 11.5. The summed E-state index contributed by atoms with van der Waals surface area (Å²) in [5, 5.41) is 2.75. The number of amides is 1. The highest BCUT2D eigenvalue weighted by Gasteiger charge is 2.11. The van der Waals surface area contributed by atoms with Crippen LogP contribution in [0.1, 0.15) is 25.5 Å². The van der Waals surface area contributed by atoms with Crippen molar-refractivity contribution in [3.05, 3.63) is 29.8 Å². The van der Waals surface area contributed by atoms with E-state index in [1.807, 2.05) is 31.2 Å². The molecule has 0 aliphatic carbocycles. The zero-order valence-corrected chi connectivity index (χ0v) is 9.86. The second-order valence-corrected chi connectivity index (χ2v) is 3.78. The van der Waals surface area contributed by atoms with Gasteiger partial charge in [-0.05, 0) is 31.5 Å². The third-order valence-corrected chi connectivity index (χ3v) is 2.43. The molecule has 4 heteroatoms. The lowest BCUT2D eigenvalue weighted by atomic mass is 10.1. The highest BCUT2D eigenvalue weighted by molar-refractivity contribution is 5.93. The molecule has 16 heavy (non-hydrogen) atoms. The molecule has 0 heterocycles. The van der Waals surface area contributed by atoms with E-state index >= 15 is 0 Å². The Morgan fingerprint density at radius 3 is 2.31 bits per heavy atom. The number of nitrogens with two attached hydrogens (primary N) is 1. The van der Waals surface area contributed by atoms with Crippen molar-refractivity contribution in [3.8, 4) is 0 Å². The van der Waals surface area contributed by atoms with Crippen molar-refractivity contribution in [3.63, 3.8) is 0 Å². The molecule has 2 unspecified atom stereocenters. The molecule has 0 aliphatic rings. The van der Waals surface area contributed by atoms with Crippen LogP contribution in [0.4, 0.5) is 5.69 Å². The van der Waals surface area contributed by atoms with Gasteiger partial charge in [-0.25, -0.2) is 0 Å². The molecule has 0 aromatic heterocycles. The summed E-state index contributed by atoms with van der Waals surface area (Å²) in [6, 6.07) is 7.47. The fourth-order valence-corrected chi connectivity index (χ4v) is 1.22. The number of carbonyl (C=O) groups excluding carboxylic acids is 1. The number of carbonyl (C=O) groups is 1. The second-order valence-electron chi connectivity index (χ2n) is 3.78. The van der Waals surface area contributed by atoms with Gasteiger partial charge in [0.05, 0.1) is 0 Å². The lowest BCUT2D eigenvalue weighted by molar-refractivity contribution is -0.124. The molecule has 1 rings (SSSR count). The number of hydrogen-bond donors (Lipinski definition) is 2. The number of ether oxygens (including phenoxy) is 1. The van der Waals surface area contributed by atoms with Gasteiger partial charge in [0.15, 0.2) is 0 Å². The van der Waals surface area contributed by atoms with Crippen LogP contribution in [-0.2, 0) is 9.53 Å². The van der Waals surface area contributed by atoms with Crippen molar-refractivity contribution < 1.29 is 9.53 Å². The SMILES string of the molecule is COC(C)C(=O)Nc1ccc(C(C)N)cc1. The summed E-state index contributed by atoms with van der Waals surface area (Å²) in [4.78, 5) is 11.5. The van der Waals surface area contributed by atoms with Crippen LogP contribution in [0.15, 0.2) is 24.3 Å². The molecule has 1 aromatic carbocycles. The molecule has 2 atom stereocenters. The minimum Gasteiger partial charge on any atom is -0.372 e. The number of benzene rings is 1. The van der Waals surface area contributed by atoms with Crippen LogP contribution < -0.4 is 11.1 Å². The van der Waals surface area contributed by atoms with Gasteiger partial charge >= 0.3 is 0 Å². The Morgan fingerprint density at radius 1 is 1.31 bits per heavy atom. The van der Waals surface area contributed by atoms with E-state index in [0.717, 1.165) is 11.3 Å². The predicted molar refractivity (Wildman–Crippen MR) is 64.1 cm³/mol. The third kappa shape index (κ3) is 3.32. The van der Waals surface area contributed by atoms with Gasteiger partial charge in [0, 0.05) is 18.8 Å². The third-order valence-electron chi connectivity index (χ3n) is 2.43. The van der Waals surface area contributed by atoms with Crippen molar-refractivity contribution in [2.75, 3.05) is 12.4 Å². The van der Waals surface area contributed by atoms with Crippen LogP contribution in [0, 0.1) is 0 Å². The fraction of sp³-hybridized carbons (Fsp3) is 0.417. The van der Waals surface area contributed by atoms with E-state index in [1.54, 1.807) is 6.92 Å². The van der Waals surface area contributed by atoms with Gasteiger partial charge in [-0.1, -0.05) is 12.1 Å². The fourth-order valence-electron chi connectivity index (χ4n) is 1.22. The monoisotopic (exact) mass is 222 g/mol. The van der Waals surface area contributed by atoms with E-state index in [4.69, 9.17) is 10.5 Å². The van der Waals surface area contributed by atoms with E-state index in [1.165, 1.54) is 7.11 Å². The summed E-state index contributed by atoms with van der Waals surface area (Å²) >= 11 is 0. The van der Waals surface area contributed by atoms with E-state index in [0.29, 0.717) is 0 Å². The topological polar surface area (TPSA) is 64.3 Å². The number of methoxy groups -OCH3 is 1. The average molecular weight is 222 g/mol.